The summed E-state index contributed by atoms with van der Waals surface area (Å²) in [6, 6.07) is -0.0965. The molecule has 1 fully saturated rings. The number of amidine groups is 1. The maximum atomic E-state index is 12.3. The van der Waals surface area contributed by atoms with E-state index < -0.39 is 0 Å². The Morgan fingerprint density at radius 2 is 1.76 bits per heavy atom. The van der Waals surface area contributed by atoms with Gasteiger partial charge in [0.2, 0.25) is 5.91 Å². The third kappa shape index (κ3) is 4.88. The molecule has 1 amide bonds. The van der Waals surface area contributed by atoms with Crippen LogP contribution >= 0.6 is 0 Å². The fourth-order valence-corrected chi connectivity index (χ4v) is 2.33. The lowest BCUT2D eigenvalue weighted by Gasteiger charge is -2.38. The number of oxime groups is 1. The van der Waals surface area contributed by atoms with Crippen molar-refractivity contribution in [1.29, 1.82) is 0 Å². The zero-order chi connectivity index (χ0) is 16.2. The molecule has 0 radical (unpaired) electrons. The second kappa shape index (κ2) is 7.11. The summed E-state index contributed by atoms with van der Waals surface area (Å²) in [5, 5.41) is 11.8. The molecule has 2 unspecified atom stereocenters. The van der Waals surface area contributed by atoms with Gasteiger partial charge in [0, 0.05) is 32.6 Å². The lowest BCUT2D eigenvalue weighted by molar-refractivity contribution is -0.134. The molecule has 2 atom stereocenters. The van der Waals surface area contributed by atoms with E-state index in [2.05, 4.69) is 37.8 Å². The summed E-state index contributed by atoms with van der Waals surface area (Å²) < 4.78 is 0. The topological polar surface area (TPSA) is 82.2 Å². The van der Waals surface area contributed by atoms with E-state index in [0.717, 1.165) is 13.1 Å². The molecular weight excluding hydrogens is 268 g/mol. The molecular formula is C15H30N4O2. The molecule has 21 heavy (non-hydrogen) atoms. The molecule has 0 aromatic rings. The van der Waals surface area contributed by atoms with Gasteiger partial charge in [-0.15, -0.1) is 0 Å². The Morgan fingerprint density at radius 3 is 2.19 bits per heavy atom. The van der Waals surface area contributed by atoms with Crippen LogP contribution in [0.3, 0.4) is 0 Å². The number of carbonyl (C=O) groups is 1. The van der Waals surface area contributed by atoms with Gasteiger partial charge in [-0.05, 0) is 18.3 Å². The normalized spacial score (nSPS) is 21.2. The van der Waals surface area contributed by atoms with Crippen molar-refractivity contribution in [2.75, 3.05) is 26.2 Å². The summed E-state index contributed by atoms with van der Waals surface area (Å²) in [5.74, 6) is 0.809. The minimum atomic E-state index is -0.0965. The van der Waals surface area contributed by atoms with E-state index in [9.17, 15) is 4.79 Å². The number of nitrogens with two attached hydrogens (primary N) is 1. The van der Waals surface area contributed by atoms with E-state index in [1.807, 2.05) is 11.8 Å². The highest BCUT2D eigenvalue weighted by Crippen LogP contribution is 2.28. The lowest BCUT2D eigenvalue weighted by atomic mass is 9.80. The molecule has 1 rings (SSSR count). The third-order valence-electron chi connectivity index (χ3n) is 4.72. The maximum Gasteiger partial charge on any atom is 0.222 e. The third-order valence-corrected chi connectivity index (χ3v) is 4.72. The number of hydrogen-bond acceptors (Lipinski definition) is 4. The molecule has 3 N–H and O–H groups in total. The predicted molar refractivity (Wildman–Crippen MR) is 84.3 cm³/mol. The van der Waals surface area contributed by atoms with Gasteiger partial charge in [-0.25, -0.2) is 0 Å². The van der Waals surface area contributed by atoms with Crippen molar-refractivity contribution in [1.82, 2.24) is 9.80 Å². The Labute approximate surface area is 128 Å². The van der Waals surface area contributed by atoms with E-state index in [0.29, 0.717) is 25.4 Å². The number of amides is 1. The highest BCUT2D eigenvalue weighted by atomic mass is 16.4. The minimum Gasteiger partial charge on any atom is -0.409 e. The fraction of sp³-hybridized carbons (Fsp3) is 0.867. The number of piperazine rings is 1. The second-order valence-corrected chi connectivity index (χ2v) is 7.09. The number of rotatable bonds is 4. The zero-order valence-electron chi connectivity index (χ0n) is 14.0. The first-order chi connectivity index (χ1) is 9.66. The Kier molecular flexibility index (Phi) is 6.01. The smallest absolute Gasteiger partial charge is 0.222 e. The molecule has 0 aliphatic carbocycles. The Bertz CT molecular complexity index is 382. The maximum absolute atomic E-state index is 12.3. The Balaban J connectivity index is 2.48. The van der Waals surface area contributed by atoms with E-state index in [-0.39, 0.29) is 23.2 Å². The Hall–Kier alpha value is -1.30. The zero-order valence-corrected chi connectivity index (χ0v) is 14.0. The van der Waals surface area contributed by atoms with Crippen molar-refractivity contribution in [2.24, 2.45) is 22.2 Å². The van der Waals surface area contributed by atoms with Crippen molar-refractivity contribution < 1.29 is 10.0 Å². The van der Waals surface area contributed by atoms with Crippen LogP contribution in [0.15, 0.2) is 5.16 Å². The average molecular weight is 298 g/mol. The molecule has 0 aromatic carbocycles. The summed E-state index contributed by atoms with van der Waals surface area (Å²) in [6.07, 6.45) is 0.597. The van der Waals surface area contributed by atoms with Crippen molar-refractivity contribution in [3.8, 4) is 0 Å². The van der Waals surface area contributed by atoms with Crippen LogP contribution in [0.5, 0.6) is 0 Å². The fourth-order valence-electron chi connectivity index (χ4n) is 2.33. The lowest BCUT2D eigenvalue weighted by Crippen LogP contribution is -2.54. The SMILES string of the molecule is CC(C(N)=NO)N1CCN(C(=O)CC(C)C(C)(C)C)CC1. The summed E-state index contributed by atoms with van der Waals surface area (Å²) in [4.78, 5) is 16.4. The van der Waals surface area contributed by atoms with Crippen LogP contribution in [0.4, 0.5) is 0 Å². The van der Waals surface area contributed by atoms with E-state index >= 15 is 0 Å². The first-order valence-corrected chi connectivity index (χ1v) is 7.66. The first kappa shape index (κ1) is 17.8. The summed E-state index contributed by atoms with van der Waals surface area (Å²) in [7, 11) is 0. The molecule has 1 heterocycles. The largest absolute Gasteiger partial charge is 0.409 e. The van der Waals surface area contributed by atoms with Crippen LogP contribution < -0.4 is 5.73 Å². The van der Waals surface area contributed by atoms with E-state index in [4.69, 9.17) is 10.9 Å². The monoisotopic (exact) mass is 298 g/mol. The van der Waals surface area contributed by atoms with Crippen LogP contribution in [0.25, 0.3) is 0 Å². The molecule has 1 saturated heterocycles. The molecule has 1 aliphatic heterocycles. The van der Waals surface area contributed by atoms with E-state index in [1.54, 1.807) is 0 Å². The van der Waals surface area contributed by atoms with Crippen molar-refractivity contribution in [3.05, 3.63) is 0 Å². The van der Waals surface area contributed by atoms with Crippen molar-refractivity contribution >= 4 is 11.7 Å². The molecule has 6 heteroatoms. The van der Waals surface area contributed by atoms with Gasteiger partial charge in [-0.2, -0.15) is 0 Å². The van der Waals surface area contributed by atoms with Crippen LogP contribution in [0.2, 0.25) is 0 Å². The summed E-state index contributed by atoms with van der Waals surface area (Å²) in [6.45, 7) is 13.5. The van der Waals surface area contributed by atoms with E-state index in [1.165, 1.54) is 0 Å². The van der Waals surface area contributed by atoms with Gasteiger partial charge < -0.3 is 15.8 Å². The molecule has 0 spiro atoms. The van der Waals surface area contributed by atoms with Crippen molar-refractivity contribution in [2.45, 2.75) is 47.1 Å². The van der Waals surface area contributed by atoms with Crippen molar-refractivity contribution in [3.63, 3.8) is 0 Å². The number of carbonyl (C=O) groups excluding carboxylic acids is 1. The Morgan fingerprint density at radius 1 is 1.24 bits per heavy atom. The summed E-state index contributed by atoms with van der Waals surface area (Å²) in [5.41, 5.74) is 5.78. The van der Waals surface area contributed by atoms with Crippen LogP contribution in [-0.4, -0.2) is 59.0 Å². The van der Waals surface area contributed by atoms with Crippen LogP contribution in [0, 0.1) is 11.3 Å². The standard InChI is InChI=1S/C15H30N4O2/c1-11(15(3,4)5)10-13(20)19-8-6-18(7-9-19)12(2)14(16)17-21/h11-12,21H,6-10H2,1-5H3,(H2,16,17). The first-order valence-electron chi connectivity index (χ1n) is 7.66. The summed E-state index contributed by atoms with van der Waals surface area (Å²) >= 11 is 0. The van der Waals surface area contributed by atoms with Gasteiger partial charge in [0.15, 0.2) is 5.84 Å². The molecule has 0 bridgehead atoms. The number of hydrogen-bond donors (Lipinski definition) is 2. The average Bonchev–Trinajstić information content (AvgIpc) is 2.44. The highest BCUT2D eigenvalue weighted by molar-refractivity contribution is 5.84. The van der Waals surface area contributed by atoms with Gasteiger partial charge >= 0.3 is 0 Å². The molecule has 0 saturated carbocycles. The quantitative estimate of drug-likeness (QED) is 0.355. The molecule has 0 aromatic heterocycles. The number of nitrogens with zero attached hydrogens (tertiary/aromatic N) is 3. The van der Waals surface area contributed by atoms with Gasteiger partial charge in [-0.3, -0.25) is 9.69 Å². The molecule has 1 aliphatic rings. The minimum absolute atomic E-state index is 0.0965. The van der Waals surface area contributed by atoms with Crippen LogP contribution in [-0.2, 0) is 4.79 Å². The van der Waals surface area contributed by atoms with Gasteiger partial charge in [0.1, 0.15) is 0 Å². The van der Waals surface area contributed by atoms with Gasteiger partial charge in [0.25, 0.3) is 0 Å². The van der Waals surface area contributed by atoms with Gasteiger partial charge in [-0.1, -0.05) is 32.9 Å². The van der Waals surface area contributed by atoms with Crippen LogP contribution in [0.1, 0.15) is 41.0 Å². The second-order valence-electron chi connectivity index (χ2n) is 7.09. The highest BCUT2D eigenvalue weighted by Gasteiger charge is 2.28. The van der Waals surface area contributed by atoms with Gasteiger partial charge in [0.05, 0.1) is 6.04 Å². The molecule has 122 valence electrons. The molecule has 6 nitrogen and oxygen atoms in total. The predicted octanol–water partition coefficient (Wildman–Crippen LogP) is 1.34.